The van der Waals surface area contributed by atoms with E-state index in [0.717, 1.165) is 6.08 Å². The first-order valence-corrected chi connectivity index (χ1v) is 11.1. The van der Waals surface area contributed by atoms with Crippen LogP contribution in [-0.4, -0.2) is 49.7 Å². The lowest BCUT2D eigenvalue weighted by atomic mass is 10.3. The second kappa shape index (κ2) is 12.5. The molecule has 3 aromatic rings. The summed E-state index contributed by atoms with van der Waals surface area (Å²) in [6.07, 6.45) is 6.16. The largest absolute Gasteiger partial charge is 0.388 e. The van der Waals surface area contributed by atoms with Crippen LogP contribution in [-0.2, 0) is 25.9 Å². The first kappa shape index (κ1) is 29.5. The predicted molar refractivity (Wildman–Crippen MR) is 147 cm³/mol. The number of rotatable bonds is 10. The van der Waals surface area contributed by atoms with E-state index in [1.807, 2.05) is 0 Å². The van der Waals surface area contributed by atoms with Crippen LogP contribution in [0.25, 0.3) is 0 Å². The Morgan fingerprint density at radius 1 is 0.816 bits per heavy atom. The van der Waals surface area contributed by atoms with Crippen molar-refractivity contribution in [2.75, 3.05) is 22.5 Å². The Morgan fingerprint density at radius 2 is 1.21 bits per heavy atom. The van der Waals surface area contributed by atoms with E-state index in [4.69, 9.17) is 11.1 Å². The average molecular weight is 544 g/mol. The molecule has 0 saturated heterocycles. The Balaban J connectivity index is 0.00000507. The molecule has 0 saturated carbocycles. The molecule has 0 spiro atoms. The number of nitrogens with two attached hydrogens (primary N) is 1. The van der Waals surface area contributed by atoms with Crippen molar-refractivity contribution < 1.29 is 19.2 Å². The summed E-state index contributed by atoms with van der Waals surface area (Å²) in [6, 6.07) is 4.58. The molecule has 3 aromatic heterocycles. The second-order valence-corrected chi connectivity index (χ2v) is 8.31. The Bertz CT molecular complexity index is 1400. The maximum atomic E-state index is 12.9. The van der Waals surface area contributed by atoms with Crippen molar-refractivity contribution >= 4 is 58.9 Å². The van der Waals surface area contributed by atoms with Crippen molar-refractivity contribution in [2.45, 2.75) is 6.42 Å². The Labute approximate surface area is 225 Å². The molecule has 0 atom stereocenters. The molecule has 14 heteroatoms. The number of aromatic nitrogens is 3. The van der Waals surface area contributed by atoms with E-state index in [1.165, 1.54) is 18.2 Å². The van der Waals surface area contributed by atoms with E-state index >= 15 is 0 Å². The zero-order valence-electron chi connectivity index (χ0n) is 21.1. The molecule has 0 radical (unpaired) electrons. The van der Waals surface area contributed by atoms with Gasteiger partial charge in [0.05, 0.1) is 22.9 Å². The maximum Gasteiger partial charge on any atom is 0.272 e. The molecule has 0 aliphatic carbocycles. The number of nitrogens with one attached hydrogen (secondary N) is 5. The number of nitrogens with zero attached hydrogens (tertiary/aromatic N) is 3. The van der Waals surface area contributed by atoms with E-state index in [0.29, 0.717) is 28.5 Å². The average Bonchev–Trinajstić information content (AvgIpc) is 3.49. The monoisotopic (exact) mass is 543 g/mol. The molecule has 4 amide bonds. The summed E-state index contributed by atoms with van der Waals surface area (Å²) in [5, 5.41) is 18.0. The van der Waals surface area contributed by atoms with Gasteiger partial charge in [0.2, 0.25) is 5.91 Å². The first-order valence-electron chi connectivity index (χ1n) is 11.1. The maximum absolute atomic E-state index is 12.9. The van der Waals surface area contributed by atoms with Crippen molar-refractivity contribution in [3.8, 4) is 0 Å². The van der Waals surface area contributed by atoms with Gasteiger partial charge in [-0.25, -0.2) is 0 Å². The van der Waals surface area contributed by atoms with E-state index in [1.54, 1.807) is 53.4 Å². The number of carbonyl (C=O) groups excluding carboxylic acids is 4. The number of amidine groups is 1. The lowest BCUT2D eigenvalue weighted by molar-refractivity contribution is -0.111. The summed E-state index contributed by atoms with van der Waals surface area (Å²) >= 11 is 0. The van der Waals surface area contributed by atoms with Crippen LogP contribution in [0.5, 0.6) is 0 Å². The van der Waals surface area contributed by atoms with Gasteiger partial charge < -0.3 is 40.7 Å². The minimum atomic E-state index is -0.439. The predicted octanol–water partition coefficient (Wildman–Crippen LogP) is 1.81. The van der Waals surface area contributed by atoms with Crippen molar-refractivity contribution in [3.05, 3.63) is 66.5 Å². The molecule has 3 rings (SSSR count). The summed E-state index contributed by atoms with van der Waals surface area (Å²) in [6.45, 7) is 3.62. The van der Waals surface area contributed by atoms with Crippen molar-refractivity contribution in [1.29, 1.82) is 5.41 Å². The molecular formula is C24H30ClN9O4. The van der Waals surface area contributed by atoms with E-state index in [-0.39, 0.29) is 42.8 Å². The molecule has 0 aromatic carbocycles. The highest BCUT2D eigenvalue weighted by Gasteiger charge is 2.18. The van der Waals surface area contributed by atoms with Gasteiger partial charge >= 0.3 is 0 Å². The van der Waals surface area contributed by atoms with Gasteiger partial charge in [-0.1, -0.05) is 6.58 Å². The highest BCUT2D eigenvalue weighted by molar-refractivity contribution is 6.08. The number of carbonyl (C=O) groups is 4. The summed E-state index contributed by atoms with van der Waals surface area (Å²) in [7, 11) is 5.00. The Hall–Kier alpha value is -4.78. The van der Waals surface area contributed by atoms with Gasteiger partial charge in [0, 0.05) is 52.7 Å². The normalized spacial score (nSPS) is 10.2. The third kappa shape index (κ3) is 7.13. The summed E-state index contributed by atoms with van der Waals surface area (Å²) in [5.41, 5.74) is 7.45. The van der Waals surface area contributed by atoms with Gasteiger partial charge in [0.1, 0.15) is 17.1 Å². The molecule has 38 heavy (non-hydrogen) atoms. The lowest BCUT2D eigenvalue weighted by Gasteiger charge is -2.04. The molecule has 0 aliphatic rings. The Morgan fingerprint density at radius 3 is 1.61 bits per heavy atom. The smallest absolute Gasteiger partial charge is 0.272 e. The van der Waals surface area contributed by atoms with Gasteiger partial charge in [-0.15, -0.1) is 12.4 Å². The van der Waals surface area contributed by atoms with E-state index in [9.17, 15) is 19.2 Å². The van der Waals surface area contributed by atoms with Gasteiger partial charge in [0.25, 0.3) is 17.7 Å². The molecular weight excluding hydrogens is 514 g/mol. The molecule has 13 nitrogen and oxygen atoms in total. The molecule has 202 valence electrons. The number of anilines is 3. The number of aryl methyl sites for hydroxylation is 3. The zero-order chi connectivity index (χ0) is 27.3. The first-order chi connectivity index (χ1) is 17.5. The van der Waals surface area contributed by atoms with Crippen LogP contribution in [0.4, 0.5) is 17.1 Å². The number of amides is 4. The van der Waals surface area contributed by atoms with Crippen LogP contribution in [0.3, 0.4) is 0 Å². The topological polar surface area (TPSA) is 181 Å². The number of hydrogen-bond donors (Lipinski definition) is 6. The minimum absolute atomic E-state index is 0. The molecule has 0 aliphatic heterocycles. The van der Waals surface area contributed by atoms with Crippen LogP contribution >= 0.6 is 12.4 Å². The van der Waals surface area contributed by atoms with Crippen LogP contribution in [0.2, 0.25) is 0 Å². The fraction of sp³-hybridized carbons (Fsp3) is 0.208. The SMILES string of the molecule is C=CC(=O)Nc1cc(C(=O)Nc2cc(C(=O)Nc3cc(C(=O)NCCC(=N)N)n(C)c3)n(C)c2)n(C)c1.Cl. The van der Waals surface area contributed by atoms with Crippen molar-refractivity contribution in [1.82, 2.24) is 19.0 Å². The number of halogens is 1. The van der Waals surface area contributed by atoms with Crippen LogP contribution in [0, 0.1) is 5.41 Å². The molecule has 0 bridgehead atoms. The fourth-order valence-corrected chi connectivity index (χ4v) is 3.56. The Kier molecular flexibility index (Phi) is 9.65. The van der Waals surface area contributed by atoms with Crippen molar-refractivity contribution in [3.63, 3.8) is 0 Å². The molecule has 3 heterocycles. The summed E-state index contributed by atoms with van der Waals surface area (Å²) in [4.78, 5) is 49.5. The quantitative estimate of drug-likeness (QED) is 0.129. The molecule has 7 N–H and O–H groups in total. The zero-order valence-corrected chi connectivity index (χ0v) is 21.9. The molecule has 0 unspecified atom stereocenters. The second-order valence-electron chi connectivity index (χ2n) is 8.31. The van der Waals surface area contributed by atoms with Gasteiger partial charge in [-0.05, 0) is 24.3 Å². The van der Waals surface area contributed by atoms with Gasteiger partial charge in [-0.2, -0.15) is 0 Å². The molecule has 0 fully saturated rings. The van der Waals surface area contributed by atoms with Gasteiger partial charge in [-0.3, -0.25) is 24.6 Å². The van der Waals surface area contributed by atoms with E-state index in [2.05, 4.69) is 27.8 Å². The number of hydrogen-bond acceptors (Lipinski definition) is 5. The summed E-state index contributed by atoms with van der Waals surface area (Å²) in [5.74, 6) is -1.65. The highest BCUT2D eigenvalue weighted by atomic mass is 35.5. The van der Waals surface area contributed by atoms with Crippen molar-refractivity contribution in [2.24, 2.45) is 26.9 Å². The highest BCUT2D eigenvalue weighted by Crippen LogP contribution is 2.19. The van der Waals surface area contributed by atoms with Gasteiger partial charge in [0.15, 0.2) is 0 Å². The minimum Gasteiger partial charge on any atom is -0.388 e. The van der Waals surface area contributed by atoms with Crippen LogP contribution in [0.1, 0.15) is 37.9 Å². The third-order valence-corrected chi connectivity index (χ3v) is 5.36. The third-order valence-electron chi connectivity index (χ3n) is 5.36. The lowest BCUT2D eigenvalue weighted by Crippen LogP contribution is -2.28. The standard InChI is InChI=1S/C24H29N9O4.ClH/c1-5-21(34)28-14-8-18(32(3)11-14)23(36)30-16-10-19(33(4)13-16)24(37)29-15-9-17(31(2)12-15)22(35)27-7-6-20(25)26;/h5,8-13H,1,6-7H2,2-4H3,(H3,25,26)(H,27,35)(H,28,34)(H,29,37)(H,30,36);1H. The van der Waals surface area contributed by atoms with Crippen LogP contribution in [0.15, 0.2) is 49.4 Å². The van der Waals surface area contributed by atoms with Crippen LogP contribution < -0.4 is 27.0 Å². The summed E-state index contributed by atoms with van der Waals surface area (Å²) < 4.78 is 4.69. The van der Waals surface area contributed by atoms with E-state index < -0.39 is 17.7 Å². The fourth-order valence-electron chi connectivity index (χ4n) is 3.56.